The van der Waals surface area contributed by atoms with E-state index in [4.69, 9.17) is 4.74 Å². The molecule has 0 spiro atoms. The van der Waals surface area contributed by atoms with E-state index in [0.29, 0.717) is 39.4 Å². The van der Waals surface area contributed by atoms with Gasteiger partial charge in [0.1, 0.15) is 0 Å². The highest BCUT2D eigenvalue weighted by Gasteiger charge is 2.32. The second-order valence-electron chi connectivity index (χ2n) is 6.86. The van der Waals surface area contributed by atoms with Crippen LogP contribution in [0.25, 0.3) is 0 Å². The van der Waals surface area contributed by atoms with Crippen LogP contribution >= 0.6 is 0 Å². The number of ether oxygens (including phenoxy) is 1. The van der Waals surface area contributed by atoms with Crippen molar-refractivity contribution in [1.29, 1.82) is 0 Å². The summed E-state index contributed by atoms with van der Waals surface area (Å²) in [7, 11) is 0. The second kappa shape index (κ2) is 6.55. The van der Waals surface area contributed by atoms with Crippen LogP contribution in [0.1, 0.15) is 35.3 Å². The highest BCUT2D eigenvalue weighted by Crippen LogP contribution is 2.21. The molecule has 0 bridgehead atoms. The number of carbonyl (C=O) groups excluding carboxylic acids is 2. The van der Waals surface area contributed by atoms with Crippen LogP contribution < -0.4 is 0 Å². The molecule has 2 amide bonds. The minimum atomic E-state index is 0.00921. The maximum absolute atomic E-state index is 12.8. The Morgan fingerprint density at radius 1 is 1.08 bits per heavy atom. The van der Waals surface area contributed by atoms with Crippen molar-refractivity contribution in [1.82, 2.24) is 19.6 Å². The fraction of sp³-hybridized carbons (Fsp3) is 0.706. The van der Waals surface area contributed by atoms with E-state index in [2.05, 4.69) is 5.10 Å². The summed E-state index contributed by atoms with van der Waals surface area (Å²) >= 11 is 0. The largest absolute Gasteiger partial charge is 0.381 e. The van der Waals surface area contributed by atoms with E-state index in [1.54, 1.807) is 6.20 Å². The van der Waals surface area contributed by atoms with Crippen LogP contribution in [0.15, 0.2) is 6.20 Å². The van der Waals surface area contributed by atoms with Crippen LogP contribution in [0.5, 0.6) is 0 Å². The van der Waals surface area contributed by atoms with E-state index in [1.807, 2.05) is 14.5 Å². The van der Waals surface area contributed by atoms with Gasteiger partial charge in [-0.05, 0) is 25.7 Å². The first-order valence-electron chi connectivity index (χ1n) is 8.94. The van der Waals surface area contributed by atoms with Gasteiger partial charge in [0.15, 0.2) is 0 Å². The Labute approximate surface area is 141 Å². The Morgan fingerprint density at radius 3 is 2.62 bits per heavy atom. The molecule has 24 heavy (non-hydrogen) atoms. The zero-order valence-electron chi connectivity index (χ0n) is 13.9. The Kier molecular flexibility index (Phi) is 4.26. The molecule has 4 rings (SSSR count). The van der Waals surface area contributed by atoms with Gasteiger partial charge in [-0.15, -0.1) is 0 Å². The molecule has 2 fully saturated rings. The molecular weight excluding hydrogens is 308 g/mol. The second-order valence-corrected chi connectivity index (χ2v) is 6.86. The summed E-state index contributed by atoms with van der Waals surface area (Å²) in [6.07, 6.45) is 5.73. The van der Waals surface area contributed by atoms with Gasteiger partial charge >= 0.3 is 0 Å². The standard InChI is InChI=1S/C17H24N4O3/c22-16(13-4-10-24-12-13)19-6-8-20(9-7-19)17(23)14-11-18-21-5-2-1-3-15(14)21/h11,13H,1-10,12H2. The number of aromatic nitrogens is 2. The Bertz CT molecular complexity index is 628. The number of amides is 2. The zero-order valence-corrected chi connectivity index (χ0v) is 13.9. The molecule has 7 heteroatoms. The third-order valence-electron chi connectivity index (χ3n) is 5.37. The number of aryl methyl sites for hydroxylation is 1. The lowest BCUT2D eigenvalue weighted by atomic mass is 10.1. The van der Waals surface area contributed by atoms with Crippen LogP contribution in [0.2, 0.25) is 0 Å². The van der Waals surface area contributed by atoms with E-state index < -0.39 is 0 Å². The van der Waals surface area contributed by atoms with E-state index in [-0.39, 0.29) is 17.7 Å². The number of hydrogen-bond acceptors (Lipinski definition) is 4. The van der Waals surface area contributed by atoms with Crippen molar-refractivity contribution in [2.75, 3.05) is 39.4 Å². The third-order valence-corrected chi connectivity index (χ3v) is 5.37. The number of rotatable bonds is 2. The number of piperazine rings is 1. The number of carbonyl (C=O) groups is 2. The molecule has 1 unspecified atom stereocenters. The smallest absolute Gasteiger partial charge is 0.257 e. The van der Waals surface area contributed by atoms with Gasteiger partial charge in [-0.25, -0.2) is 0 Å². The maximum atomic E-state index is 12.8. The van der Waals surface area contributed by atoms with Crippen LogP contribution in [-0.4, -0.2) is 70.8 Å². The molecular formula is C17H24N4O3. The summed E-state index contributed by atoms with van der Waals surface area (Å²) < 4.78 is 7.28. The number of hydrogen-bond donors (Lipinski definition) is 0. The van der Waals surface area contributed by atoms with Crippen molar-refractivity contribution in [2.24, 2.45) is 5.92 Å². The zero-order chi connectivity index (χ0) is 16.5. The normalized spacial score (nSPS) is 24.1. The molecule has 1 aromatic rings. The van der Waals surface area contributed by atoms with E-state index in [1.165, 1.54) is 0 Å². The Morgan fingerprint density at radius 2 is 1.88 bits per heavy atom. The first-order chi connectivity index (χ1) is 11.7. The summed E-state index contributed by atoms with van der Waals surface area (Å²) in [5, 5.41) is 4.36. The van der Waals surface area contributed by atoms with Crippen molar-refractivity contribution in [3.63, 3.8) is 0 Å². The topological polar surface area (TPSA) is 67.7 Å². The lowest BCUT2D eigenvalue weighted by molar-refractivity contribution is -0.137. The predicted octanol–water partition coefficient (Wildman–Crippen LogP) is 0.540. The monoisotopic (exact) mass is 332 g/mol. The van der Waals surface area contributed by atoms with Crippen molar-refractivity contribution in [2.45, 2.75) is 32.2 Å². The summed E-state index contributed by atoms with van der Waals surface area (Å²) in [6.45, 7) is 4.57. The molecule has 2 saturated heterocycles. The minimum Gasteiger partial charge on any atom is -0.381 e. The summed E-state index contributed by atoms with van der Waals surface area (Å²) in [4.78, 5) is 29.0. The van der Waals surface area contributed by atoms with Gasteiger partial charge in [0.25, 0.3) is 5.91 Å². The third kappa shape index (κ3) is 2.81. The van der Waals surface area contributed by atoms with E-state index in [9.17, 15) is 9.59 Å². The van der Waals surface area contributed by atoms with Crippen molar-refractivity contribution >= 4 is 11.8 Å². The molecule has 3 aliphatic rings. The van der Waals surface area contributed by atoms with Gasteiger partial charge in [0.2, 0.25) is 5.91 Å². The minimum absolute atomic E-state index is 0.00921. The van der Waals surface area contributed by atoms with Gasteiger partial charge < -0.3 is 14.5 Å². The molecule has 0 aromatic carbocycles. The highest BCUT2D eigenvalue weighted by molar-refractivity contribution is 5.95. The van der Waals surface area contributed by atoms with Gasteiger partial charge in [-0.2, -0.15) is 5.10 Å². The fourth-order valence-electron chi connectivity index (χ4n) is 3.89. The molecule has 0 aliphatic carbocycles. The molecule has 130 valence electrons. The van der Waals surface area contributed by atoms with Crippen LogP contribution in [0, 0.1) is 5.92 Å². The fourth-order valence-corrected chi connectivity index (χ4v) is 3.89. The SMILES string of the molecule is O=C(c1cnn2c1CCCC2)N1CCN(C(=O)C2CCOC2)CC1. The first-order valence-corrected chi connectivity index (χ1v) is 8.94. The summed E-state index contributed by atoms with van der Waals surface area (Å²) in [5.74, 6) is 0.256. The van der Waals surface area contributed by atoms with Gasteiger partial charge in [-0.1, -0.05) is 0 Å². The van der Waals surface area contributed by atoms with Crippen molar-refractivity contribution in [3.8, 4) is 0 Å². The van der Waals surface area contributed by atoms with Gasteiger partial charge in [0, 0.05) is 39.3 Å². The Balaban J connectivity index is 1.38. The van der Waals surface area contributed by atoms with Crippen LogP contribution in [0.4, 0.5) is 0 Å². The van der Waals surface area contributed by atoms with Crippen LogP contribution in [0.3, 0.4) is 0 Å². The molecule has 0 N–H and O–H groups in total. The average molecular weight is 332 g/mol. The lowest BCUT2D eigenvalue weighted by Crippen LogP contribution is -2.52. The average Bonchev–Trinajstić information content (AvgIpc) is 3.30. The van der Waals surface area contributed by atoms with Crippen molar-refractivity contribution in [3.05, 3.63) is 17.5 Å². The summed E-state index contributed by atoms with van der Waals surface area (Å²) in [6, 6.07) is 0. The van der Waals surface area contributed by atoms with Gasteiger partial charge in [-0.3, -0.25) is 14.3 Å². The Hall–Kier alpha value is -1.89. The van der Waals surface area contributed by atoms with Gasteiger partial charge in [0.05, 0.1) is 30.0 Å². The molecule has 7 nitrogen and oxygen atoms in total. The maximum Gasteiger partial charge on any atom is 0.257 e. The lowest BCUT2D eigenvalue weighted by Gasteiger charge is -2.35. The molecule has 0 radical (unpaired) electrons. The van der Waals surface area contributed by atoms with Crippen molar-refractivity contribution < 1.29 is 14.3 Å². The molecule has 1 aromatic heterocycles. The van der Waals surface area contributed by atoms with Crippen LogP contribution in [-0.2, 0) is 22.5 Å². The molecule has 3 aliphatic heterocycles. The predicted molar refractivity (Wildman–Crippen MR) is 86.6 cm³/mol. The highest BCUT2D eigenvalue weighted by atomic mass is 16.5. The number of nitrogens with zero attached hydrogens (tertiary/aromatic N) is 4. The first kappa shape index (κ1) is 15.6. The molecule has 1 atom stereocenters. The quantitative estimate of drug-likeness (QED) is 0.793. The number of fused-ring (bicyclic) bond motifs is 1. The molecule has 4 heterocycles. The van der Waals surface area contributed by atoms with E-state index in [0.717, 1.165) is 43.5 Å². The summed E-state index contributed by atoms with van der Waals surface area (Å²) in [5.41, 5.74) is 1.83. The molecule has 0 saturated carbocycles. The van der Waals surface area contributed by atoms with E-state index >= 15 is 0 Å².